The Bertz CT molecular complexity index is 1200. The first kappa shape index (κ1) is 19.9. The van der Waals surface area contributed by atoms with Crippen LogP contribution in [0.4, 0.5) is 8.78 Å². The molecule has 0 radical (unpaired) electrons. The summed E-state index contributed by atoms with van der Waals surface area (Å²) < 4.78 is 62.7. The number of thiophene rings is 1. The van der Waals surface area contributed by atoms with Crippen LogP contribution in [-0.4, -0.2) is 25.6 Å². The van der Waals surface area contributed by atoms with Gasteiger partial charge >= 0.3 is 5.97 Å². The standard InChI is InChI=1S/C15H11ClF2N2O4S3/c1-2-24-12(21)7-20-14-9(18)5-8(17)6-10(14)25-15(20)19-27(22,23)13-4-3-11(16)26-13/h3-6H,2,7H2,1H3/b19-15-. The number of hydrogen-bond acceptors (Lipinski definition) is 6. The maximum Gasteiger partial charge on any atom is 0.326 e. The maximum atomic E-state index is 14.3. The fourth-order valence-corrected chi connectivity index (χ4v) is 6.00. The van der Waals surface area contributed by atoms with Crippen molar-refractivity contribution in [3.05, 3.63) is 45.0 Å². The SMILES string of the molecule is CCOC(=O)Cn1/c(=N/S(=O)(=O)c2ccc(Cl)s2)sc2cc(F)cc(F)c21. The largest absolute Gasteiger partial charge is 0.465 e. The normalized spacial score (nSPS) is 12.7. The molecule has 0 aliphatic rings. The first-order valence-electron chi connectivity index (χ1n) is 7.41. The zero-order valence-electron chi connectivity index (χ0n) is 13.6. The number of sulfonamides is 1. The van der Waals surface area contributed by atoms with Crippen molar-refractivity contribution in [2.75, 3.05) is 6.61 Å². The van der Waals surface area contributed by atoms with Gasteiger partial charge in [0.1, 0.15) is 16.6 Å². The van der Waals surface area contributed by atoms with Crippen molar-refractivity contribution in [3.8, 4) is 0 Å². The van der Waals surface area contributed by atoms with Crippen molar-refractivity contribution < 1.29 is 26.7 Å². The Morgan fingerprint density at radius 1 is 1.30 bits per heavy atom. The van der Waals surface area contributed by atoms with Gasteiger partial charge < -0.3 is 9.30 Å². The highest BCUT2D eigenvalue weighted by molar-refractivity contribution is 7.92. The van der Waals surface area contributed by atoms with Gasteiger partial charge in [-0.3, -0.25) is 4.79 Å². The van der Waals surface area contributed by atoms with Gasteiger partial charge in [0.2, 0.25) is 4.80 Å². The number of rotatable bonds is 5. The zero-order valence-corrected chi connectivity index (χ0v) is 16.8. The third-order valence-corrected chi connectivity index (χ3v) is 7.40. The third-order valence-electron chi connectivity index (χ3n) is 3.29. The molecule has 3 rings (SSSR count). The van der Waals surface area contributed by atoms with E-state index >= 15 is 0 Å². The van der Waals surface area contributed by atoms with Crippen molar-refractivity contribution in [1.82, 2.24) is 4.57 Å². The quantitative estimate of drug-likeness (QED) is 0.555. The lowest BCUT2D eigenvalue weighted by molar-refractivity contribution is -0.143. The van der Waals surface area contributed by atoms with Crippen molar-refractivity contribution in [2.24, 2.45) is 4.40 Å². The minimum Gasteiger partial charge on any atom is -0.465 e. The second-order valence-corrected chi connectivity index (χ2v) is 9.69. The van der Waals surface area contributed by atoms with E-state index in [2.05, 4.69) is 4.40 Å². The highest BCUT2D eigenvalue weighted by atomic mass is 35.5. The summed E-state index contributed by atoms with van der Waals surface area (Å²) in [5.41, 5.74) is -0.132. The number of hydrogen-bond donors (Lipinski definition) is 0. The molecule has 0 spiro atoms. The van der Waals surface area contributed by atoms with E-state index in [4.69, 9.17) is 16.3 Å². The molecule has 0 bridgehead atoms. The summed E-state index contributed by atoms with van der Waals surface area (Å²) >= 11 is 7.31. The van der Waals surface area contributed by atoms with Gasteiger partial charge in [-0.25, -0.2) is 8.78 Å². The highest BCUT2D eigenvalue weighted by Crippen LogP contribution is 2.27. The van der Waals surface area contributed by atoms with E-state index in [0.717, 1.165) is 33.3 Å². The monoisotopic (exact) mass is 452 g/mol. The minimum absolute atomic E-state index is 0.0943. The molecule has 12 heteroatoms. The number of nitrogens with zero attached hydrogens (tertiary/aromatic N) is 2. The van der Waals surface area contributed by atoms with Crippen molar-refractivity contribution in [1.29, 1.82) is 0 Å². The molecule has 2 aromatic heterocycles. The molecule has 0 N–H and O–H groups in total. The number of thiazole rings is 1. The van der Waals surface area contributed by atoms with Gasteiger partial charge in [0.15, 0.2) is 5.82 Å². The molecule has 2 heterocycles. The second-order valence-electron chi connectivity index (χ2n) is 5.14. The van der Waals surface area contributed by atoms with Crippen LogP contribution in [0.3, 0.4) is 0 Å². The summed E-state index contributed by atoms with van der Waals surface area (Å²) in [5, 5.41) is 0. The van der Waals surface area contributed by atoms with Gasteiger partial charge in [0, 0.05) is 6.07 Å². The number of ether oxygens (including phenoxy) is 1. The van der Waals surface area contributed by atoms with Gasteiger partial charge in [-0.2, -0.15) is 8.42 Å². The lowest BCUT2D eigenvalue weighted by Crippen LogP contribution is -2.23. The maximum absolute atomic E-state index is 14.3. The number of benzene rings is 1. The van der Waals surface area contributed by atoms with Gasteiger partial charge in [-0.05, 0) is 25.1 Å². The van der Waals surface area contributed by atoms with Crippen LogP contribution < -0.4 is 4.80 Å². The summed E-state index contributed by atoms with van der Waals surface area (Å²) in [5.74, 6) is -2.48. The smallest absolute Gasteiger partial charge is 0.326 e. The Morgan fingerprint density at radius 3 is 2.67 bits per heavy atom. The van der Waals surface area contributed by atoms with E-state index in [1.54, 1.807) is 6.92 Å². The molecule has 0 atom stereocenters. The molecule has 0 saturated carbocycles. The Kier molecular flexibility index (Phi) is 5.65. The Balaban J connectivity index is 2.25. The molecule has 0 fully saturated rings. The molecule has 1 aromatic carbocycles. The Morgan fingerprint density at radius 2 is 2.04 bits per heavy atom. The minimum atomic E-state index is -4.15. The van der Waals surface area contributed by atoms with Crippen LogP contribution in [0.25, 0.3) is 10.2 Å². The third kappa shape index (κ3) is 4.21. The fourth-order valence-electron chi connectivity index (χ4n) is 2.27. The van der Waals surface area contributed by atoms with Crippen LogP contribution in [0.5, 0.6) is 0 Å². The Hall–Kier alpha value is -1.82. The number of carbonyl (C=O) groups excluding carboxylic acids is 1. The van der Waals surface area contributed by atoms with E-state index in [-0.39, 0.29) is 30.2 Å². The molecule has 3 aromatic rings. The molecule has 27 heavy (non-hydrogen) atoms. The Labute approximate surface area is 165 Å². The summed E-state index contributed by atoms with van der Waals surface area (Å²) in [6, 6.07) is 4.38. The fraction of sp³-hybridized carbons (Fsp3) is 0.200. The van der Waals surface area contributed by atoms with E-state index in [1.807, 2.05) is 0 Å². The molecule has 0 unspecified atom stereocenters. The van der Waals surface area contributed by atoms with Crippen LogP contribution >= 0.6 is 34.3 Å². The number of carbonyl (C=O) groups is 1. The number of halogens is 3. The molecular weight excluding hydrogens is 442 g/mol. The first-order valence-corrected chi connectivity index (χ1v) is 10.9. The van der Waals surface area contributed by atoms with Gasteiger partial charge in [0.05, 0.1) is 21.2 Å². The average molecular weight is 453 g/mol. The number of esters is 1. The lowest BCUT2D eigenvalue weighted by Gasteiger charge is -2.05. The predicted molar refractivity (Wildman–Crippen MR) is 98.4 cm³/mol. The molecule has 0 saturated heterocycles. The van der Waals surface area contributed by atoms with E-state index in [1.165, 1.54) is 12.1 Å². The summed E-state index contributed by atoms with van der Waals surface area (Å²) in [6.45, 7) is 1.22. The second kappa shape index (κ2) is 7.66. The highest BCUT2D eigenvalue weighted by Gasteiger charge is 2.20. The van der Waals surface area contributed by atoms with Crippen molar-refractivity contribution in [2.45, 2.75) is 17.7 Å². The number of fused-ring (bicyclic) bond motifs is 1. The van der Waals surface area contributed by atoms with Gasteiger partial charge in [0.25, 0.3) is 10.0 Å². The van der Waals surface area contributed by atoms with E-state index in [0.29, 0.717) is 6.07 Å². The van der Waals surface area contributed by atoms with Crippen LogP contribution in [-0.2, 0) is 26.1 Å². The molecule has 0 amide bonds. The van der Waals surface area contributed by atoms with Crippen molar-refractivity contribution in [3.63, 3.8) is 0 Å². The van der Waals surface area contributed by atoms with Crippen LogP contribution in [0.15, 0.2) is 32.9 Å². The first-order chi connectivity index (χ1) is 12.7. The topological polar surface area (TPSA) is 77.7 Å². The molecule has 144 valence electrons. The molecule has 6 nitrogen and oxygen atoms in total. The van der Waals surface area contributed by atoms with Crippen LogP contribution in [0, 0.1) is 11.6 Å². The summed E-state index contributed by atoms with van der Waals surface area (Å²) in [4.78, 5) is 11.7. The molecule has 0 aliphatic carbocycles. The van der Waals surface area contributed by atoms with E-state index < -0.39 is 34.2 Å². The summed E-state index contributed by atoms with van der Waals surface area (Å²) in [7, 11) is -4.15. The van der Waals surface area contributed by atoms with Crippen LogP contribution in [0.1, 0.15) is 6.92 Å². The molecule has 0 aliphatic heterocycles. The van der Waals surface area contributed by atoms with E-state index in [9.17, 15) is 22.0 Å². The lowest BCUT2D eigenvalue weighted by atomic mass is 10.3. The average Bonchev–Trinajstić information content (AvgIpc) is 3.12. The van der Waals surface area contributed by atoms with Crippen molar-refractivity contribution >= 4 is 60.5 Å². The summed E-state index contributed by atoms with van der Waals surface area (Å²) in [6.07, 6.45) is 0. The zero-order chi connectivity index (χ0) is 19.8. The molecular formula is C15H11ClF2N2O4S3. The number of aromatic nitrogens is 1. The van der Waals surface area contributed by atoms with Gasteiger partial charge in [-0.15, -0.1) is 15.7 Å². The van der Waals surface area contributed by atoms with Crippen LogP contribution in [0.2, 0.25) is 4.34 Å². The predicted octanol–water partition coefficient (Wildman–Crippen LogP) is 3.55. The van der Waals surface area contributed by atoms with Gasteiger partial charge in [-0.1, -0.05) is 22.9 Å².